The minimum absolute atomic E-state index is 0.267. The average Bonchev–Trinajstić information content (AvgIpc) is 2.27. The van der Waals surface area contributed by atoms with Crippen LogP contribution in [0.1, 0.15) is 22.8 Å². The van der Waals surface area contributed by atoms with Crippen LogP contribution in [0.25, 0.3) is 0 Å². The highest BCUT2D eigenvalue weighted by molar-refractivity contribution is 9.10. The Balaban J connectivity index is 3.16. The summed E-state index contributed by atoms with van der Waals surface area (Å²) in [6.07, 6.45) is -3.14. The molecule has 0 heterocycles. The number of benzene rings is 1. The quantitative estimate of drug-likeness (QED) is 0.843. The van der Waals surface area contributed by atoms with E-state index in [1.54, 1.807) is 6.92 Å². The van der Waals surface area contributed by atoms with E-state index in [0.29, 0.717) is 0 Å². The third-order valence-corrected chi connectivity index (χ3v) is 2.74. The van der Waals surface area contributed by atoms with Crippen LogP contribution < -0.4 is 5.32 Å². The van der Waals surface area contributed by atoms with E-state index < -0.39 is 29.3 Å². The van der Waals surface area contributed by atoms with Gasteiger partial charge in [-0.1, -0.05) is 22.0 Å². The van der Waals surface area contributed by atoms with Gasteiger partial charge in [-0.05, 0) is 25.1 Å². The largest absolute Gasteiger partial charge is 0.417 e. The fraction of sp³-hybridized carbons (Fsp3) is 0.250. The molecule has 1 amide bonds. The summed E-state index contributed by atoms with van der Waals surface area (Å²) in [6.45, 7) is 5.07. The number of alkyl halides is 3. The number of carbonyl (C=O) groups excluding carboxylic acids is 1. The molecular weight excluding hydrogens is 311 g/mol. The van der Waals surface area contributed by atoms with Gasteiger partial charge < -0.3 is 5.32 Å². The fourth-order valence-electron chi connectivity index (χ4n) is 1.29. The lowest BCUT2D eigenvalue weighted by atomic mass is 10.1. The van der Waals surface area contributed by atoms with E-state index in [1.807, 2.05) is 0 Å². The maximum absolute atomic E-state index is 12.8. The molecule has 1 aromatic rings. The monoisotopic (exact) mass is 321 g/mol. The minimum Gasteiger partial charge on any atom is -0.346 e. The number of amides is 1. The molecule has 1 rings (SSSR count). The Morgan fingerprint density at radius 2 is 2.11 bits per heavy atom. The molecule has 18 heavy (non-hydrogen) atoms. The molecule has 1 aromatic carbocycles. The van der Waals surface area contributed by atoms with Crippen molar-refractivity contribution in [1.29, 1.82) is 0 Å². The smallest absolute Gasteiger partial charge is 0.346 e. The Hall–Kier alpha value is -1.30. The zero-order valence-corrected chi connectivity index (χ0v) is 11.1. The summed E-state index contributed by atoms with van der Waals surface area (Å²) >= 11 is 2.95. The van der Waals surface area contributed by atoms with Crippen LogP contribution in [-0.2, 0) is 6.18 Å². The molecule has 0 spiro atoms. The highest BCUT2D eigenvalue weighted by Crippen LogP contribution is 2.33. The van der Waals surface area contributed by atoms with E-state index in [0.717, 1.165) is 12.1 Å². The molecule has 0 aliphatic carbocycles. The number of carbonyl (C=O) groups is 1. The van der Waals surface area contributed by atoms with Crippen LogP contribution in [-0.4, -0.2) is 11.9 Å². The summed E-state index contributed by atoms with van der Waals surface area (Å²) in [4.78, 5) is 11.7. The van der Waals surface area contributed by atoms with Crippen molar-refractivity contribution in [2.45, 2.75) is 19.1 Å². The standard InChI is InChI=1S/C12H11BrF3NO/c1-3-7(2)17-11(18)9-5-4-8(13)6-10(9)12(14,15)16/h3-7H,1H2,2H3,(H,17,18). The predicted octanol–water partition coefficient (Wildman–Crippen LogP) is 3.77. The van der Waals surface area contributed by atoms with E-state index >= 15 is 0 Å². The van der Waals surface area contributed by atoms with Crippen LogP contribution in [0.15, 0.2) is 35.3 Å². The lowest BCUT2D eigenvalue weighted by Crippen LogP contribution is -2.32. The molecule has 0 aromatic heterocycles. The van der Waals surface area contributed by atoms with E-state index in [2.05, 4.69) is 27.8 Å². The molecule has 0 bridgehead atoms. The predicted molar refractivity (Wildman–Crippen MR) is 66.3 cm³/mol. The van der Waals surface area contributed by atoms with Crippen LogP contribution in [0.2, 0.25) is 0 Å². The Labute approximate surface area is 111 Å². The van der Waals surface area contributed by atoms with Gasteiger partial charge >= 0.3 is 6.18 Å². The lowest BCUT2D eigenvalue weighted by molar-refractivity contribution is -0.138. The maximum atomic E-state index is 12.8. The first-order chi connectivity index (χ1) is 8.25. The van der Waals surface area contributed by atoms with Crippen LogP contribution in [0.5, 0.6) is 0 Å². The van der Waals surface area contributed by atoms with Crippen molar-refractivity contribution >= 4 is 21.8 Å². The Bertz CT molecular complexity index is 471. The van der Waals surface area contributed by atoms with Gasteiger partial charge in [0.05, 0.1) is 11.1 Å². The van der Waals surface area contributed by atoms with Gasteiger partial charge in [-0.3, -0.25) is 4.79 Å². The van der Waals surface area contributed by atoms with Gasteiger partial charge in [0.15, 0.2) is 0 Å². The first kappa shape index (κ1) is 14.8. The van der Waals surface area contributed by atoms with Crippen molar-refractivity contribution in [3.63, 3.8) is 0 Å². The number of halogens is 4. The lowest BCUT2D eigenvalue weighted by Gasteiger charge is -2.15. The van der Waals surface area contributed by atoms with Gasteiger partial charge in [-0.15, -0.1) is 6.58 Å². The molecular formula is C12H11BrF3NO. The Morgan fingerprint density at radius 1 is 1.50 bits per heavy atom. The maximum Gasteiger partial charge on any atom is 0.417 e. The zero-order valence-electron chi connectivity index (χ0n) is 9.51. The molecule has 0 fully saturated rings. The van der Waals surface area contributed by atoms with Crippen molar-refractivity contribution < 1.29 is 18.0 Å². The third kappa shape index (κ3) is 3.60. The van der Waals surface area contributed by atoms with Crippen LogP contribution >= 0.6 is 15.9 Å². The van der Waals surface area contributed by atoms with Gasteiger partial charge in [0.1, 0.15) is 0 Å². The Kier molecular flexibility index (Phi) is 4.56. The summed E-state index contributed by atoms with van der Waals surface area (Å²) in [5.74, 6) is -0.776. The van der Waals surface area contributed by atoms with Crippen molar-refractivity contribution in [2.75, 3.05) is 0 Å². The second kappa shape index (κ2) is 5.56. The summed E-state index contributed by atoms with van der Waals surface area (Å²) in [5.41, 5.74) is -1.37. The van der Waals surface area contributed by atoms with Crippen molar-refractivity contribution in [1.82, 2.24) is 5.32 Å². The van der Waals surface area contributed by atoms with E-state index in [9.17, 15) is 18.0 Å². The molecule has 98 valence electrons. The molecule has 1 atom stereocenters. The second-order valence-electron chi connectivity index (χ2n) is 3.69. The van der Waals surface area contributed by atoms with Gasteiger partial charge in [0.2, 0.25) is 0 Å². The summed E-state index contributed by atoms with van der Waals surface area (Å²) < 4.78 is 38.6. The van der Waals surface area contributed by atoms with Gasteiger partial charge in [-0.2, -0.15) is 13.2 Å². The van der Waals surface area contributed by atoms with Crippen molar-refractivity contribution in [3.05, 3.63) is 46.5 Å². The average molecular weight is 322 g/mol. The van der Waals surface area contributed by atoms with Crippen LogP contribution in [0.3, 0.4) is 0 Å². The number of rotatable bonds is 3. The molecule has 0 saturated carbocycles. The van der Waals surface area contributed by atoms with E-state index in [1.165, 1.54) is 12.1 Å². The van der Waals surface area contributed by atoms with Crippen molar-refractivity contribution in [3.8, 4) is 0 Å². The number of hydrogen-bond acceptors (Lipinski definition) is 1. The second-order valence-corrected chi connectivity index (χ2v) is 4.60. The molecule has 0 aliphatic heterocycles. The molecule has 1 unspecified atom stereocenters. The first-order valence-electron chi connectivity index (χ1n) is 5.06. The van der Waals surface area contributed by atoms with Gasteiger partial charge in [-0.25, -0.2) is 0 Å². The minimum atomic E-state index is -4.58. The van der Waals surface area contributed by atoms with Crippen LogP contribution in [0, 0.1) is 0 Å². The highest BCUT2D eigenvalue weighted by atomic mass is 79.9. The number of hydrogen-bond donors (Lipinski definition) is 1. The summed E-state index contributed by atoms with van der Waals surface area (Å²) in [6, 6.07) is 3.01. The summed E-state index contributed by atoms with van der Waals surface area (Å²) in [7, 11) is 0. The number of nitrogens with one attached hydrogen (secondary N) is 1. The molecule has 0 aliphatic rings. The van der Waals surface area contributed by atoms with Crippen LogP contribution in [0.4, 0.5) is 13.2 Å². The topological polar surface area (TPSA) is 29.1 Å². The zero-order chi connectivity index (χ0) is 13.9. The molecule has 0 radical (unpaired) electrons. The fourth-order valence-corrected chi connectivity index (χ4v) is 1.65. The Morgan fingerprint density at radius 3 is 2.61 bits per heavy atom. The SMILES string of the molecule is C=CC(C)NC(=O)c1ccc(Br)cc1C(F)(F)F. The normalized spacial score (nSPS) is 12.9. The molecule has 6 heteroatoms. The molecule has 2 nitrogen and oxygen atoms in total. The summed E-state index contributed by atoms with van der Waals surface area (Å²) in [5, 5.41) is 2.41. The third-order valence-electron chi connectivity index (χ3n) is 2.24. The van der Waals surface area contributed by atoms with Crippen molar-refractivity contribution in [2.24, 2.45) is 0 Å². The van der Waals surface area contributed by atoms with Gasteiger partial charge in [0, 0.05) is 10.5 Å². The molecule has 1 N–H and O–H groups in total. The van der Waals surface area contributed by atoms with E-state index in [-0.39, 0.29) is 4.47 Å². The van der Waals surface area contributed by atoms with Gasteiger partial charge in [0.25, 0.3) is 5.91 Å². The molecule has 0 saturated heterocycles. The highest BCUT2D eigenvalue weighted by Gasteiger charge is 2.35. The first-order valence-corrected chi connectivity index (χ1v) is 5.85. The van der Waals surface area contributed by atoms with E-state index in [4.69, 9.17) is 0 Å².